The number of ether oxygens (including phenoxy) is 2. The van der Waals surface area contributed by atoms with Gasteiger partial charge in [0.2, 0.25) is 0 Å². The van der Waals surface area contributed by atoms with Crippen molar-refractivity contribution in [2.75, 3.05) is 39.5 Å². The highest BCUT2D eigenvalue weighted by atomic mass is 16.5. The first-order valence-corrected chi connectivity index (χ1v) is 5.24. The van der Waals surface area contributed by atoms with Crippen LogP contribution in [-0.2, 0) is 9.47 Å². The van der Waals surface area contributed by atoms with Crippen molar-refractivity contribution in [2.45, 2.75) is 26.4 Å². The highest BCUT2D eigenvalue weighted by molar-refractivity contribution is 4.67. The van der Waals surface area contributed by atoms with Crippen molar-refractivity contribution >= 4 is 0 Å². The summed E-state index contributed by atoms with van der Waals surface area (Å²) in [6.45, 7) is 10.1. The molecule has 3 heteroatoms. The van der Waals surface area contributed by atoms with Crippen molar-refractivity contribution in [1.82, 2.24) is 4.90 Å². The molecule has 0 bridgehead atoms. The summed E-state index contributed by atoms with van der Waals surface area (Å²) in [6, 6.07) is 0. The average Bonchev–Trinajstić information content (AvgIpc) is 2.13. The Balaban J connectivity index is 2.00. The van der Waals surface area contributed by atoms with Crippen molar-refractivity contribution in [2.24, 2.45) is 0 Å². The van der Waals surface area contributed by atoms with Crippen LogP contribution in [0.3, 0.4) is 0 Å². The second kappa shape index (κ2) is 6.35. The molecule has 0 amide bonds. The van der Waals surface area contributed by atoms with Gasteiger partial charge < -0.3 is 9.47 Å². The first-order valence-electron chi connectivity index (χ1n) is 5.24. The van der Waals surface area contributed by atoms with Crippen molar-refractivity contribution < 1.29 is 9.47 Å². The van der Waals surface area contributed by atoms with E-state index in [-0.39, 0.29) is 0 Å². The van der Waals surface area contributed by atoms with Gasteiger partial charge in [-0.3, -0.25) is 4.90 Å². The number of nitrogens with zero attached hydrogens (tertiary/aromatic N) is 1. The second-order valence-corrected chi connectivity index (χ2v) is 3.53. The third-order valence-electron chi connectivity index (χ3n) is 2.29. The number of hydrogen-bond donors (Lipinski definition) is 0. The quantitative estimate of drug-likeness (QED) is 0.602. The molecule has 1 aliphatic heterocycles. The third-order valence-corrected chi connectivity index (χ3v) is 2.29. The van der Waals surface area contributed by atoms with Crippen LogP contribution in [0.5, 0.6) is 0 Å². The maximum atomic E-state index is 5.46. The van der Waals surface area contributed by atoms with Crippen LogP contribution in [0.4, 0.5) is 0 Å². The van der Waals surface area contributed by atoms with E-state index in [2.05, 4.69) is 11.8 Å². The fraction of sp³-hybridized carbons (Fsp3) is 1.00. The summed E-state index contributed by atoms with van der Waals surface area (Å²) in [5, 5.41) is 0. The SMILES string of the molecule is CCOCCCN1CCO[C@@H](C)C1. The van der Waals surface area contributed by atoms with Crippen molar-refractivity contribution in [1.29, 1.82) is 0 Å². The summed E-state index contributed by atoms with van der Waals surface area (Å²) >= 11 is 0. The molecule has 1 rings (SSSR count). The van der Waals surface area contributed by atoms with E-state index >= 15 is 0 Å². The molecule has 0 unspecified atom stereocenters. The van der Waals surface area contributed by atoms with Crippen LogP contribution in [0, 0.1) is 0 Å². The molecular weight excluding hydrogens is 166 g/mol. The van der Waals surface area contributed by atoms with Gasteiger partial charge in [0.05, 0.1) is 12.7 Å². The fourth-order valence-corrected chi connectivity index (χ4v) is 1.63. The predicted molar refractivity (Wildman–Crippen MR) is 53.0 cm³/mol. The minimum atomic E-state index is 0.404. The van der Waals surface area contributed by atoms with Crippen LogP contribution in [0.1, 0.15) is 20.3 Å². The van der Waals surface area contributed by atoms with Gasteiger partial charge in [0.25, 0.3) is 0 Å². The van der Waals surface area contributed by atoms with Crippen molar-refractivity contribution in [3.8, 4) is 0 Å². The van der Waals surface area contributed by atoms with Gasteiger partial charge in [0.1, 0.15) is 0 Å². The maximum absolute atomic E-state index is 5.46. The van der Waals surface area contributed by atoms with Gasteiger partial charge in [-0.2, -0.15) is 0 Å². The molecule has 0 saturated carbocycles. The lowest BCUT2D eigenvalue weighted by molar-refractivity contribution is -0.0206. The van der Waals surface area contributed by atoms with E-state index in [9.17, 15) is 0 Å². The molecule has 1 atom stereocenters. The summed E-state index contributed by atoms with van der Waals surface area (Å²) in [5.74, 6) is 0. The summed E-state index contributed by atoms with van der Waals surface area (Å²) in [5.41, 5.74) is 0. The van der Waals surface area contributed by atoms with Gasteiger partial charge in [-0.15, -0.1) is 0 Å². The molecule has 0 aliphatic carbocycles. The van der Waals surface area contributed by atoms with Gasteiger partial charge in [-0.05, 0) is 20.3 Å². The maximum Gasteiger partial charge on any atom is 0.0674 e. The van der Waals surface area contributed by atoms with E-state index < -0.39 is 0 Å². The van der Waals surface area contributed by atoms with Crippen LogP contribution < -0.4 is 0 Å². The molecule has 1 fully saturated rings. The van der Waals surface area contributed by atoms with Crippen molar-refractivity contribution in [3.63, 3.8) is 0 Å². The van der Waals surface area contributed by atoms with Crippen LogP contribution >= 0.6 is 0 Å². The molecule has 0 aromatic rings. The van der Waals surface area contributed by atoms with Crippen molar-refractivity contribution in [3.05, 3.63) is 0 Å². The molecule has 0 radical (unpaired) electrons. The highest BCUT2D eigenvalue weighted by Gasteiger charge is 2.15. The van der Waals surface area contributed by atoms with E-state index in [4.69, 9.17) is 9.47 Å². The minimum absolute atomic E-state index is 0.404. The predicted octanol–water partition coefficient (Wildman–Crippen LogP) is 1.13. The van der Waals surface area contributed by atoms with E-state index in [0.717, 1.165) is 45.9 Å². The molecule has 3 nitrogen and oxygen atoms in total. The van der Waals surface area contributed by atoms with Gasteiger partial charge in [-0.1, -0.05) is 0 Å². The summed E-state index contributed by atoms with van der Waals surface area (Å²) < 4.78 is 10.8. The van der Waals surface area contributed by atoms with E-state index in [1.165, 1.54) is 0 Å². The zero-order valence-corrected chi connectivity index (χ0v) is 8.79. The molecule has 0 aromatic carbocycles. The lowest BCUT2D eigenvalue weighted by atomic mass is 10.3. The molecular formula is C10H21NO2. The first kappa shape index (κ1) is 11.0. The molecule has 0 N–H and O–H groups in total. The zero-order valence-electron chi connectivity index (χ0n) is 8.79. The normalized spacial score (nSPS) is 24.9. The van der Waals surface area contributed by atoms with Gasteiger partial charge >= 0.3 is 0 Å². The van der Waals surface area contributed by atoms with E-state index in [1.54, 1.807) is 0 Å². The van der Waals surface area contributed by atoms with E-state index in [1.807, 2.05) is 6.92 Å². The molecule has 13 heavy (non-hydrogen) atoms. The Labute approximate surface area is 81.0 Å². The van der Waals surface area contributed by atoms with Crippen LogP contribution in [0.25, 0.3) is 0 Å². The molecule has 78 valence electrons. The zero-order chi connectivity index (χ0) is 9.52. The van der Waals surface area contributed by atoms with E-state index in [0.29, 0.717) is 6.10 Å². The Morgan fingerprint density at radius 3 is 3.08 bits per heavy atom. The summed E-state index contributed by atoms with van der Waals surface area (Å²) in [7, 11) is 0. The number of morpholine rings is 1. The van der Waals surface area contributed by atoms with Gasteiger partial charge in [0.15, 0.2) is 0 Å². The average molecular weight is 187 g/mol. The smallest absolute Gasteiger partial charge is 0.0674 e. The largest absolute Gasteiger partial charge is 0.382 e. The molecule has 0 aromatic heterocycles. The standard InChI is InChI=1S/C10H21NO2/c1-3-12-7-4-5-11-6-8-13-10(2)9-11/h10H,3-9H2,1-2H3/t10-/m0/s1. The van der Waals surface area contributed by atoms with Gasteiger partial charge in [-0.25, -0.2) is 0 Å². The summed E-state index contributed by atoms with van der Waals surface area (Å²) in [6.07, 6.45) is 1.54. The Hall–Kier alpha value is -0.120. The summed E-state index contributed by atoms with van der Waals surface area (Å²) in [4.78, 5) is 2.45. The lowest BCUT2D eigenvalue weighted by Gasteiger charge is -2.30. The lowest BCUT2D eigenvalue weighted by Crippen LogP contribution is -2.41. The Morgan fingerprint density at radius 1 is 1.54 bits per heavy atom. The van der Waals surface area contributed by atoms with Crippen LogP contribution in [-0.4, -0.2) is 50.5 Å². The second-order valence-electron chi connectivity index (χ2n) is 3.53. The first-order chi connectivity index (χ1) is 6.33. The number of rotatable bonds is 5. The monoisotopic (exact) mass is 187 g/mol. The van der Waals surface area contributed by atoms with Gasteiger partial charge in [0, 0.05) is 32.8 Å². The molecule has 1 heterocycles. The molecule has 1 aliphatic rings. The Kier molecular flexibility index (Phi) is 5.35. The highest BCUT2D eigenvalue weighted by Crippen LogP contribution is 2.04. The van der Waals surface area contributed by atoms with Crippen LogP contribution in [0.15, 0.2) is 0 Å². The van der Waals surface area contributed by atoms with Crippen LogP contribution in [0.2, 0.25) is 0 Å². The molecule has 1 saturated heterocycles. The molecule has 0 spiro atoms. The Morgan fingerprint density at radius 2 is 2.38 bits per heavy atom. The fourth-order valence-electron chi connectivity index (χ4n) is 1.63. The third kappa shape index (κ3) is 4.60. The minimum Gasteiger partial charge on any atom is -0.382 e. The topological polar surface area (TPSA) is 21.7 Å². The Bertz CT molecular complexity index is 130. The number of hydrogen-bond acceptors (Lipinski definition) is 3.